The second-order valence-electron chi connectivity index (χ2n) is 6.03. The number of methoxy groups -OCH3 is 1. The van der Waals surface area contributed by atoms with Gasteiger partial charge in [-0.1, -0.05) is 23.4 Å². The van der Waals surface area contributed by atoms with Crippen molar-refractivity contribution < 1.29 is 9.53 Å². The van der Waals surface area contributed by atoms with Gasteiger partial charge in [-0.25, -0.2) is 4.98 Å². The van der Waals surface area contributed by atoms with Crippen molar-refractivity contribution >= 4 is 56.5 Å². The number of benzene rings is 1. The molecule has 0 aliphatic rings. The van der Waals surface area contributed by atoms with Crippen LogP contribution in [-0.4, -0.2) is 34.4 Å². The molecule has 0 bridgehead atoms. The summed E-state index contributed by atoms with van der Waals surface area (Å²) in [7, 11) is 1.55. The molecule has 1 N–H and O–H groups in total. The second kappa shape index (κ2) is 9.41. The standard InChI is InChI=1S/C19H17ClN4O3S2/c1-11(16(25)23-17-12(10-21)5-8-28-17)29-19-22-15-9-13(20)3-4-14(15)18(26)24(19)6-7-27-2/h3-5,8-9,11H,6-7H2,1-2H3,(H,23,25)/t11-/m0/s1. The van der Waals surface area contributed by atoms with Gasteiger partial charge in [0.25, 0.3) is 5.56 Å². The number of hydrogen-bond acceptors (Lipinski definition) is 7. The number of nitrogens with zero attached hydrogens (tertiary/aromatic N) is 3. The molecule has 3 rings (SSSR count). The summed E-state index contributed by atoms with van der Waals surface area (Å²) in [4.78, 5) is 30.1. The fourth-order valence-electron chi connectivity index (χ4n) is 2.56. The van der Waals surface area contributed by atoms with Crippen molar-refractivity contribution in [3.63, 3.8) is 0 Å². The normalized spacial score (nSPS) is 11.9. The summed E-state index contributed by atoms with van der Waals surface area (Å²) >= 11 is 8.49. The summed E-state index contributed by atoms with van der Waals surface area (Å²) in [6, 6.07) is 8.59. The number of nitrogens with one attached hydrogen (secondary N) is 1. The van der Waals surface area contributed by atoms with Crippen molar-refractivity contribution in [2.45, 2.75) is 23.9 Å². The summed E-state index contributed by atoms with van der Waals surface area (Å²) in [5, 5.41) is 14.9. The van der Waals surface area contributed by atoms with Crippen molar-refractivity contribution in [1.29, 1.82) is 5.26 Å². The lowest BCUT2D eigenvalue weighted by atomic mass is 10.2. The maximum absolute atomic E-state index is 12.9. The molecule has 7 nitrogen and oxygen atoms in total. The molecular weight excluding hydrogens is 432 g/mol. The van der Waals surface area contributed by atoms with E-state index in [1.54, 1.807) is 43.7 Å². The van der Waals surface area contributed by atoms with Gasteiger partial charge >= 0.3 is 0 Å². The van der Waals surface area contributed by atoms with Crippen LogP contribution in [0.5, 0.6) is 0 Å². The van der Waals surface area contributed by atoms with Crippen LogP contribution in [0.3, 0.4) is 0 Å². The third kappa shape index (κ3) is 4.79. The molecule has 1 amide bonds. The predicted molar refractivity (Wildman–Crippen MR) is 116 cm³/mol. The molecule has 1 atom stereocenters. The number of anilines is 1. The third-order valence-corrected chi connectivity index (χ3v) is 6.23. The summed E-state index contributed by atoms with van der Waals surface area (Å²) in [6.45, 7) is 2.35. The zero-order chi connectivity index (χ0) is 21.0. The molecule has 1 aromatic carbocycles. The van der Waals surface area contributed by atoms with E-state index in [0.29, 0.717) is 44.8 Å². The van der Waals surface area contributed by atoms with Gasteiger partial charge in [0.2, 0.25) is 5.91 Å². The highest BCUT2D eigenvalue weighted by Gasteiger charge is 2.21. The van der Waals surface area contributed by atoms with Gasteiger partial charge in [-0.2, -0.15) is 5.26 Å². The van der Waals surface area contributed by atoms with E-state index in [-0.39, 0.29) is 11.5 Å². The SMILES string of the molecule is COCCn1c(S[C@@H](C)C(=O)Nc2sccc2C#N)nc2cc(Cl)ccc2c1=O. The van der Waals surface area contributed by atoms with Crippen molar-refractivity contribution in [2.75, 3.05) is 19.0 Å². The molecule has 0 fully saturated rings. The van der Waals surface area contributed by atoms with Crippen LogP contribution in [0.15, 0.2) is 39.6 Å². The molecule has 0 saturated carbocycles. The lowest BCUT2D eigenvalue weighted by molar-refractivity contribution is -0.115. The fraction of sp³-hybridized carbons (Fsp3) is 0.263. The first kappa shape index (κ1) is 21.3. The van der Waals surface area contributed by atoms with Gasteiger partial charge in [-0.15, -0.1) is 11.3 Å². The van der Waals surface area contributed by atoms with Crippen LogP contribution in [0.4, 0.5) is 5.00 Å². The molecule has 10 heteroatoms. The zero-order valence-electron chi connectivity index (χ0n) is 15.6. The summed E-state index contributed by atoms with van der Waals surface area (Å²) in [5.74, 6) is -0.285. The second-order valence-corrected chi connectivity index (χ2v) is 8.69. The number of thiophene rings is 1. The highest BCUT2D eigenvalue weighted by molar-refractivity contribution is 8.00. The molecule has 0 aliphatic carbocycles. The number of thioether (sulfide) groups is 1. The first-order valence-corrected chi connectivity index (χ1v) is 10.7. The van der Waals surface area contributed by atoms with E-state index in [2.05, 4.69) is 10.3 Å². The zero-order valence-corrected chi connectivity index (χ0v) is 18.0. The minimum atomic E-state index is -0.555. The topological polar surface area (TPSA) is 97.0 Å². The van der Waals surface area contributed by atoms with E-state index >= 15 is 0 Å². The third-order valence-electron chi connectivity index (χ3n) is 4.08. The average Bonchev–Trinajstić information content (AvgIpc) is 3.14. The Bertz CT molecular complexity index is 1150. The number of carbonyl (C=O) groups excluding carboxylic acids is 1. The van der Waals surface area contributed by atoms with Gasteiger partial charge < -0.3 is 10.1 Å². The number of ether oxygens (including phenoxy) is 1. The number of hydrogen-bond donors (Lipinski definition) is 1. The van der Waals surface area contributed by atoms with Crippen molar-refractivity contribution in [2.24, 2.45) is 0 Å². The Hall–Kier alpha value is -2.38. The molecule has 29 heavy (non-hydrogen) atoms. The largest absolute Gasteiger partial charge is 0.383 e. The number of halogens is 1. The number of aromatic nitrogens is 2. The average molecular weight is 449 g/mol. The maximum Gasteiger partial charge on any atom is 0.262 e. The Balaban J connectivity index is 1.91. The van der Waals surface area contributed by atoms with Gasteiger partial charge in [0, 0.05) is 12.1 Å². The highest BCUT2D eigenvalue weighted by Crippen LogP contribution is 2.27. The lowest BCUT2D eigenvalue weighted by Gasteiger charge is -2.16. The molecule has 0 radical (unpaired) electrons. The number of amides is 1. The predicted octanol–water partition coefficient (Wildman–Crippen LogP) is 3.75. The van der Waals surface area contributed by atoms with Crippen LogP contribution < -0.4 is 10.9 Å². The van der Waals surface area contributed by atoms with E-state index in [1.165, 1.54) is 15.9 Å². The molecule has 0 aliphatic heterocycles. The molecule has 2 aromatic heterocycles. The summed E-state index contributed by atoms with van der Waals surface area (Å²) in [6.07, 6.45) is 0. The van der Waals surface area contributed by atoms with Crippen LogP contribution >= 0.6 is 34.7 Å². The van der Waals surface area contributed by atoms with Crippen LogP contribution in [0, 0.1) is 11.3 Å². The molecule has 3 aromatic rings. The first-order chi connectivity index (χ1) is 13.9. The van der Waals surface area contributed by atoms with E-state index in [9.17, 15) is 9.59 Å². The number of carbonyl (C=O) groups is 1. The highest BCUT2D eigenvalue weighted by atomic mass is 35.5. The van der Waals surface area contributed by atoms with E-state index < -0.39 is 5.25 Å². The smallest absolute Gasteiger partial charge is 0.262 e. The number of fused-ring (bicyclic) bond motifs is 1. The monoisotopic (exact) mass is 448 g/mol. The van der Waals surface area contributed by atoms with E-state index in [0.717, 1.165) is 11.8 Å². The van der Waals surface area contributed by atoms with Crippen molar-refractivity contribution in [1.82, 2.24) is 9.55 Å². The Kier molecular flexibility index (Phi) is 6.92. The molecule has 2 heterocycles. The van der Waals surface area contributed by atoms with Gasteiger partial charge in [0.05, 0.1) is 34.9 Å². The minimum Gasteiger partial charge on any atom is -0.383 e. The summed E-state index contributed by atoms with van der Waals surface area (Å²) < 4.78 is 6.61. The quantitative estimate of drug-likeness (QED) is 0.436. The van der Waals surface area contributed by atoms with Crippen molar-refractivity contribution in [3.8, 4) is 6.07 Å². The van der Waals surface area contributed by atoms with Crippen LogP contribution in [0.1, 0.15) is 12.5 Å². The maximum atomic E-state index is 12.9. The van der Waals surface area contributed by atoms with Crippen LogP contribution in [0.2, 0.25) is 5.02 Å². The summed E-state index contributed by atoms with van der Waals surface area (Å²) in [5.41, 5.74) is 0.663. The van der Waals surface area contributed by atoms with E-state index in [1.807, 2.05) is 6.07 Å². The molecule has 0 unspecified atom stereocenters. The van der Waals surface area contributed by atoms with Gasteiger partial charge in [0.1, 0.15) is 11.1 Å². The van der Waals surface area contributed by atoms with Crippen molar-refractivity contribution in [3.05, 3.63) is 50.6 Å². The lowest BCUT2D eigenvalue weighted by Crippen LogP contribution is -2.28. The Morgan fingerprint density at radius 2 is 2.28 bits per heavy atom. The van der Waals surface area contributed by atoms with Crippen LogP contribution in [0.25, 0.3) is 10.9 Å². The number of nitriles is 1. The van der Waals surface area contributed by atoms with Gasteiger partial charge in [-0.3, -0.25) is 14.2 Å². The Labute approximate surface area is 180 Å². The van der Waals surface area contributed by atoms with Crippen LogP contribution in [-0.2, 0) is 16.1 Å². The molecule has 0 spiro atoms. The minimum absolute atomic E-state index is 0.219. The molecule has 0 saturated heterocycles. The molecular formula is C19H17ClN4O3S2. The Morgan fingerprint density at radius 1 is 1.48 bits per heavy atom. The Morgan fingerprint density at radius 3 is 3.00 bits per heavy atom. The molecule has 150 valence electrons. The fourth-order valence-corrected chi connectivity index (χ4v) is 4.40. The van der Waals surface area contributed by atoms with Gasteiger partial charge in [0.15, 0.2) is 5.16 Å². The van der Waals surface area contributed by atoms with E-state index in [4.69, 9.17) is 21.6 Å². The first-order valence-electron chi connectivity index (χ1n) is 8.58. The van der Waals surface area contributed by atoms with Gasteiger partial charge in [-0.05, 0) is 36.6 Å². The number of rotatable bonds is 7.